The molecular weight excluding hydrogens is 497 g/mol. The van der Waals surface area contributed by atoms with Gasteiger partial charge in [-0.05, 0) is 37.1 Å². The molecule has 3 heterocycles. The fraction of sp³-hybridized carbons (Fsp3) is 0.154. The van der Waals surface area contributed by atoms with Crippen LogP contribution in [0.4, 0.5) is 32.4 Å². The number of carbonyl (C=O) groups excluding carboxylic acids is 2. The smallest absolute Gasteiger partial charge is 0.332 e. The fourth-order valence-electron chi connectivity index (χ4n) is 5.10. The van der Waals surface area contributed by atoms with E-state index in [9.17, 15) is 31.5 Å². The van der Waals surface area contributed by atoms with Gasteiger partial charge in [-0.1, -0.05) is 24.3 Å². The van der Waals surface area contributed by atoms with Crippen LogP contribution in [0, 0.1) is 29.1 Å². The number of amides is 3. The van der Waals surface area contributed by atoms with Crippen molar-refractivity contribution in [1.29, 1.82) is 0 Å². The summed E-state index contributed by atoms with van der Waals surface area (Å²) in [5.41, 5.74) is 1.01. The number of carbonyl (C=O) groups is 2. The van der Waals surface area contributed by atoms with Gasteiger partial charge in [-0.3, -0.25) is 4.79 Å². The maximum Gasteiger partial charge on any atom is 0.332 e. The Morgan fingerprint density at radius 3 is 2.30 bits per heavy atom. The summed E-state index contributed by atoms with van der Waals surface area (Å²) in [4.78, 5) is 32.8. The number of anilines is 1. The summed E-state index contributed by atoms with van der Waals surface area (Å²) in [6.45, 7) is 1.91. The van der Waals surface area contributed by atoms with Gasteiger partial charge in [0.25, 0.3) is 5.91 Å². The van der Waals surface area contributed by atoms with Crippen LogP contribution in [-0.4, -0.2) is 28.4 Å². The number of benzene rings is 3. The molecule has 1 saturated heterocycles. The van der Waals surface area contributed by atoms with Crippen LogP contribution in [0.15, 0.2) is 48.5 Å². The maximum atomic E-state index is 14.1. The first-order valence-corrected chi connectivity index (χ1v) is 11.2. The molecular formula is C26H16F5N3O3. The number of nitrogens with one attached hydrogen (secondary N) is 1. The Bertz CT molecular complexity index is 1620. The van der Waals surface area contributed by atoms with Gasteiger partial charge < -0.3 is 14.6 Å². The lowest BCUT2D eigenvalue weighted by molar-refractivity contribution is -0.125. The van der Waals surface area contributed by atoms with Gasteiger partial charge in [0.1, 0.15) is 5.75 Å². The molecule has 6 nitrogen and oxygen atoms in total. The van der Waals surface area contributed by atoms with Crippen molar-refractivity contribution in [3.05, 3.63) is 88.9 Å². The van der Waals surface area contributed by atoms with Gasteiger partial charge in [0.05, 0.1) is 11.4 Å². The molecule has 0 unspecified atom stereocenters. The van der Waals surface area contributed by atoms with Gasteiger partial charge in [0.15, 0.2) is 5.54 Å². The number of halogens is 5. The molecule has 0 bridgehead atoms. The molecule has 37 heavy (non-hydrogen) atoms. The molecule has 11 heteroatoms. The predicted molar refractivity (Wildman–Crippen MR) is 122 cm³/mol. The number of hydrogen-bond donors (Lipinski definition) is 1. The minimum Gasteiger partial charge on any atom is -0.451 e. The number of rotatable bonds is 3. The number of aromatic amines is 1. The lowest BCUT2D eigenvalue weighted by atomic mass is 9.87. The van der Waals surface area contributed by atoms with E-state index in [4.69, 9.17) is 4.74 Å². The quantitative estimate of drug-likeness (QED) is 0.161. The molecule has 2 aliphatic heterocycles. The number of ether oxygens (including phenoxy) is 1. The van der Waals surface area contributed by atoms with Crippen LogP contribution in [0.2, 0.25) is 0 Å². The van der Waals surface area contributed by atoms with Gasteiger partial charge in [-0.2, -0.15) is 8.78 Å². The van der Waals surface area contributed by atoms with Crippen LogP contribution >= 0.6 is 0 Å². The minimum absolute atomic E-state index is 0.00431. The van der Waals surface area contributed by atoms with Gasteiger partial charge in [-0.25, -0.2) is 22.9 Å². The van der Waals surface area contributed by atoms with E-state index in [1.165, 1.54) is 23.1 Å². The molecule has 188 valence electrons. The van der Waals surface area contributed by atoms with Crippen molar-refractivity contribution in [2.45, 2.75) is 18.9 Å². The number of hydrogen-bond acceptors (Lipinski definition) is 3. The molecule has 1 N–H and O–H groups in total. The summed E-state index contributed by atoms with van der Waals surface area (Å²) in [5, 5.41) is 0.954. The van der Waals surface area contributed by atoms with E-state index in [1.54, 1.807) is 6.92 Å². The Labute approximate surface area is 205 Å². The first kappa shape index (κ1) is 23.0. The van der Waals surface area contributed by atoms with Crippen molar-refractivity contribution in [1.82, 2.24) is 9.88 Å². The monoisotopic (exact) mass is 513 g/mol. The zero-order valence-electron chi connectivity index (χ0n) is 19.0. The Morgan fingerprint density at radius 1 is 0.892 bits per heavy atom. The van der Waals surface area contributed by atoms with Gasteiger partial charge in [0.2, 0.25) is 34.8 Å². The number of fused-ring (bicyclic) bond motifs is 5. The standard InChI is InChI=1S/C26H16F5N3O3/c1-26-23-15(14-7-2-3-8-16(14)32-23)9-10-33(26)25(36)34(24(26)35)12-5-4-6-13(11-12)37-22-20(30)18(28)17(27)19(29)21(22)31/h2-8,11,32H,9-10H2,1H3/t26-/m0/s1. The van der Waals surface area contributed by atoms with E-state index in [0.717, 1.165) is 27.4 Å². The van der Waals surface area contributed by atoms with Crippen LogP contribution in [0.25, 0.3) is 10.9 Å². The molecule has 6 rings (SSSR count). The van der Waals surface area contributed by atoms with E-state index in [2.05, 4.69) is 4.98 Å². The highest BCUT2D eigenvalue weighted by molar-refractivity contribution is 6.23. The zero-order valence-corrected chi connectivity index (χ0v) is 19.0. The minimum atomic E-state index is -2.31. The summed E-state index contributed by atoms with van der Waals surface area (Å²) < 4.78 is 73.8. The van der Waals surface area contributed by atoms with E-state index < -0.39 is 52.3 Å². The maximum absolute atomic E-state index is 14.1. The molecule has 0 saturated carbocycles. The molecule has 0 spiro atoms. The van der Waals surface area contributed by atoms with Crippen molar-refractivity contribution >= 4 is 28.5 Å². The third-order valence-corrected chi connectivity index (χ3v) is 6.93. The number of imide groups is 1. The van der Waals surface area contributed by atoms with Crippen LogP contribution in [0.1, 0.15) is 18.2 Å². The van der Waals surface area contributed by atoms with Gasteiger partial charge >= 0.3 is 6.03 Å². The molecule has 3 amide bonds. The highest BCUT2D eigenvalue weighted by Crippen LogP contribution is 2.45. The number of aromatic nitrogens is 1. The normalized spacial score (nSPS) is 19.0. The summed E-state index contributed by atoms with van der Waals surface area (Å²) in [7, 11) is 0. The molecule has 1 aromatic heterocycles. The predicted octanol–water partition coefficient (Wildman–Crippen LogP) is 5.90. The van der Waals surface area contributed by atoms with Gasteiger partial charge in [0, 0.05) is 23.5 Å². The Kier molecular flexibility index (Phi) is 4.85. The van der Waals surface area contributed by atoms with Crippen molar-refractivity contribution in [2.75, 3.05) is 11.4 Å². The van der Waals surface area contributed by atoms with E-state index in [1.807, 2.05) is 24.3 Å². The second kappa shape index (κ2) is 7.79. The summed E-state index contributed by atoms with van der Waals surface area (Å²) >= 11 is 0. The van der Waals surface area contributed by atoms with Gasteiger partial charge in [-0.15, -0.1) is 0 Å². The molecule has 2 aliphatic rings. The highest BCUT2D eigenvalue weighted by atomic mass is 19.2. The van der Waals surface area contributed by atoms with E-state index >= 15 is 0 Å². The van der Waals surface area contributed by atoms with Crippen molar-refractivity contribution < 1.29 is 36.3 Å². The lowest BCUT2D eigenvalue weighted by Crippen LogP contribution is -2.49. The Morgan fingerprint density at radius 2 is 1.57 bits per heavy atom. The third kappa shape index (κ3) is 3.03. The van der Waals surface area contributed by atoms with Crippen molar-refractivity contribution in [3.8, 4) is 11.5 Å². The van der Waals surface area contributed by atoms with Crippen molar-refractivity contribution in [3.63, 3.8) is 0 Å². The first-order valence-electron chi connectivity index (χ1n) is 11.2. The topological polar surface area (TPSA) is 65.6 Å². The van der Waals surface area contributed by atoms with Crippen molar-refractivity contribution in [2.24, 2.45) is 0 Å². The fourth-order valence-corrected chi connectivity index (χ4v) is 5.10. The summed E-state index contributed by atoms with van der Waals surface area (Å²) in [5.74, 6) is -13.3. The summed E-state index contributed by atoms with van der Waals surface area (Å²) in [6.07, 6.45) is 0.519. The van der Waals surface area contributed by atoms with Crippen LogP contribution in [0.5, 0.6) is 11.5 Å². The Hall–Kier alpha value is -4.41. The molecule has 0 aliphatic carbocycles. The average Bonchev–Trinajstić information content (AvgIpc) is 3.38. The SMILES string of the molecule is C[C@]12C(=O)N(c3cccc(Oc4c(F)c(F)c(F)c(F)c4F)c3)C(=O)N1CCc1c2[nH]c2ccccc12. The summed E-state index contributed by atoms with van der Waals surface area (Å²) in [6, 6.07) is 12.0. The average molecular weight is 513 g/mol. The third-order valence-electron chi connectivity index (χ3n) is 6.93. The zero-order chi connectivity index (χ0) is 26.2. The second-order valence-corrected chi connectivity index (χ2v) is 8.92. The second-order valence-electron chi connectivity index (χ2n) is 8.92. The van der Waals surface area contributed by atoms with Crippen LogP contribution in [0.3, 0.4) is 0 Å². The largest absolute Gasteiger partial charge is 0.451 e. The number of para-hydroxylation sites is 1. The highest BCUT2D eigenvalue weighted by Gasteiger charge is 2.59. The number of urea groups is 1. The lowest BCUT2D eigenvalue weighted by Gasteiger charge is -2.35. The molecule has 0 radical (unpaired) electrons. The number of nitrogens with zero attached hydrogens (tertiary/aromatic N) is 2. The molecule has 3 aromatic carbocycles. The first-order chi connectivity index (χ1) is 17.6. The van der Waals surface area contributed by atoms with Crippen LogP contribution in [-0.2, 0) is 16.8 Å². The molecule has 4 aromatic rings. The number of H-pyrrole nitrogens is 1. The van der Waals surface area contributed by atoms with Crippen LogP contribution < -0.4 is 9.64 Å². The van der Waals surface area contributed by atoms with E-state index in [0.29, 0.717) is 12.1 Å². The van der Waals surface area contributed by atoms with E-state index in [-0.39, 0.29) is 18.0 Å². The Balaban J connectivity index is 1.40. The molecule has 1 fully saturated rings. The molecule has 1 atom stereocenters.